The molecule has 0 saturated carbocycles. The maximum Gasteiger partial charge on any atom is 0.0103 e. The molecule has 1 unspecified atom stereocenters. The Morgan fingerprint density at radius 3 is 2.37 bits per heavy atom. The van der Waals surface area contributed by atoms with Gasteiger partial charge in [-0.05, 0) is 47.9 Å². The van der Waals surface area contributed by atoms with Gasteiger partial charge in [-0.25, -0.2) is 0 Å². The van der Waals surface area contributed by atoms with E-state index in [2.05, 4.69) is 70.2 Å². The minimum atomic E-state index is 0.284. The van der Waals surface area contributed by atoms with E-state index in [0.29, 0.717) is 5.92 Å². The van der Waals surface area contributed by atoms with E-state index in [9.17, 15) is 0 Å². The first-order valence-corrected chi connectivity index (χ1v) is 7.15. The Bertz CT molecular complexity index is 605. The Labute approximate surface area is 116 Å². The first-order chi connectivity index (χ1) is 8.99. The second-order valence-electron chi connectivity index (χ2n) is 6.59. The van der Waals surface area contributed by atoms with Crippen molar-refractivity contribution in [1.29, 1.82) is 0 Å². The Hall–Kier alpha value is -1.56. The molecule has 98 valence electrons. The van der Waals surface area contributed by atoms with Crippen molar-refractivity contribution in [3.05, 3.63) is 70.3 Å². The highest BCUT2D eigenvalue weighted by Crippen LogP contribution is 2.50. The third-order valence-electron chi connectivity index (χ3n) is 4.53. The van der Waals surface area contributed by atoms with Crippen LogP contribution in [-0.2, 0) is 5.41 Å². The highest BCUT2D eigenvalue weighted by molar-refractivity contribution is 5.52. The molecular weight excluding hydrogens is 228 g/mol. The van der Waals surface area contributed by atoms with Gasteiger partial charge >= 0.3 is 0 Å². The maximum absolute atomic E-state index is 2.39. The predicted molar refractivity (Wildman–Crippen MR) is 81.8 cm³/mol. The summed E-state index contributed by atoms with van der Waals surface area (Å²) < 4.78 is 0. The standard InChI is InChI=1S/C19H22/c1-13-10-14(2)18-16(15-8-6-5-7-9-15)12-19(3,4)17(18)11-13/h5-11,16H,12H2,1-4H3. The monoisotopic (exact) mass is 250 g/mol. The van der Waals surface area contributed by atoms with Gasteiger partial charge in [-0.2, -0.15) is 0 Å². The van der Waals surface area contributed by atoms with Crippen molar-refractivity contribution in [3.8, 4) is 0 Å². The molecule has 19 heavy (non-hydrogen) atoms. The summed E-state index contributed by atoms with van der Waals surface area (Å²) in [6.45, 7) is 9.24. The molecule has 2 aromatic rings. The molecule has 1 atom stereocenters. The fraction of sp³-hybridized carbons (Fsp3) is 0.368. The van der Waals surface area contributed by atoms with Gasteiger partial charge < -0.3 is 0 Å². The molecule has 0 aliphatic heterocycles. The maximum atomic E-state index is 2.39. The van der Waals surface area contributed by atoms with Gasteiger partial charge in [0.05, 0.1) is 0 Å². The summed E-state index contributed by atoms with van der Waals surface area (Å²) in [6, 6.07) is 15.7. The van der Waals surface area contributed by atoms with Crippen molar-refractivity contribution in [2.45, 2.75) is 45.4 Å². The van der Waals surface area contributed by atoms with Crippen LogP contribution in [0.5, 0.6) is 0 Å². The molecule has 0 heterocycles. The molecule has 0 nitrogen and oxygen atoms in total. The quantitative estimate of drug-likeness (QED) is 0.659. The summed E-state index contributed by atoms with van der Waals surface area (Å²) in [5, 5.41) is 0. The van der Waals surface area contributed by atoms with Crippen LogP contribution < -0.4 is 0 Å². The zero-order valence-corrected chi connectivity index (χ0v) is 12.3. The van der Waals surface area contributed by atoms with E-state index in [1.54, 1.807) is 11.1 Å². The normalized spacial score (nSPS) is 20.3. The number of hydrogen-bond donors (Lipinski definition) is 0. The van der Waals surface area contributed by atoms with E-state index >= 15 is 0 Å². The molecule has 1 aliphatic rings. The topological polar surface area (TPSA) is 0 Å². The highest BCUT2D eigenvalue weighted by Gasteiger charge is 2.38. The van der Waals surface area contributed by atoms with E-state index in [1.807, 2.05) is 0 Å². The minimum Gasteiger partial charge on any atom is -0.0622 e. The van der Waals surface area contributed by atoms with Crippen LogP contribution in [0.2, 0.25) is 0 Å². The average Bonchev–Trinajstić information content (AvgIpc) is 2.63. The molecule has 0 N–H and O–H groups in total. The summed E-state index contributed by atoms with van der Waals surface area (Å²) in [5.41, 5.74) is 7.71. The number of aryl methyl sites for hydroxylation is 2. The summed E-state index contributed by atoms with van der Waals surface area (Å²) in [7, 11) is 0. The third-order valence-corrected chi connectivity index (χ3v) is 4.53. The lowest BCUT2D eigenvalue weighted by Crippen LogP contribution is -2.12. The highest BCUT2D eigenvalue weighted by atomic mass is 14.4. The second-order valence-corrected chi connectivity index (χ2v) is 6.59. The lowest BCUT2D eigenvalue weighted by atomic mass is 9.84. The fourth-order valence-corrected chi connectivity index (χ4v) is 3.69. The second kappa shape index (κ2) is 4.23. The molecule has 0 spiro atoms. The molecule has 0 amide bonds. The van der Waals surface area contributed by atoms with Crippen LogP contribution >= 0.6 is 0 Å². The fourth-order valence-electron chi connectivity index (χ4n) is 3.69. The van der Waals surface area contributed by atoms with E-state index in [-0.39, 0.29) is 5.41 Å². The van der Waals surface area contributed by atoms with E-state index in [4.69, 9.17) is 0 Å². The molecular formula is C19H22. The van der Waals surface area contributed by atoms with E-state index in [0.717, 1.165) is 0 Å². The van der Waals surface area contributed by atoms with Crippen LogP contribution in [-0.4, -0.2) is 0 Å². The molecule has 0 bridgehead atoms. The lowest BCUT2D eigenvalue weighted by Gasteiger charge is -2.20. The SMILES string of the molecule is Cc1cc(C)c2c(c1)C(C)(C)CC2c1ccccc1. The third kappa shape index (κ3) is 2.00. The van der Waals surface area contributed by atoms with Crippen LogP contribution in [0.4, 0.5) is 0 Å². The molecule has 3 rings (SSSR count). The van der Waals surface area contributed by atoms with Crippen molar-refractivity contribution < 1.29 is 0 Å². The van der Waals surface area contributed by atoms with Crippen molar-refractivity contribution in [1.82, 2.24) is 0 Å². The van der Waals surface area contributed by atoms with Crippen LogP contribution in [0.25, 0.3) is 0 Å². The number of fused-ring (bicyclic) bond motifs is 1. The Balaban J connectivity index is 2.20. The van der Waals surface area contributed by atoms with Crippen LogP contribution in [0.1, 0.15) is 54.0 Å². The molecule has 0 fully saturated rings. The number of hydrogen-bond acceptors (Lipinski definition) is 0. The summed E-state index contributed by atoms with van der Waals surface area (Å²) in [6.07, 6.45) is 1.22. The molecule has 0 heteroatoms. The number of rotatable bonds is 1. The largest absolute Gasteiger partial charge is 0.0622 e. The molecule has 0 radical (unpaired) electrons. The Morgan fingerprint density at radius 2 is 1.68 bits per heavy atom. The van der Waals surface area contributed by atoms with Crippen molar-refractivity contribution in [2.24, 2.45) is 0 Å². The van der Waals surface area contributed by atoms with Gasteiger partial charge in [-0.15, -0.1) is 0 Å². The van der Waals surface area contributed by atoms with Gasteiger partial charge in [-0.1, -0.05) is 61.9 Å². The first-order valence-electron chi connectivity index (χ1n) is 7.15. The predicted octanol–water partition coefficient (Wildman–Crippen LogP) is 5.12. The van der Waals surface area contributed by atoms with Crippen molar-refractivity contribution in [2.75, 3.05) is 0 Å². The Morgan fingerprint density at radius 1 is 1.00 bits per heavy atom. The van der Waals surface area contributed by atoms with Crippen molar-refractivity contribution >= 4 is 0 Å². The summed E-state index contributed by atoms with van der Waals surface area (Å²) in [4.78, 5) is 0. The van der Waals surface area contributed by atoms with E-state index in [1.165, 1.54) is 23.1 Å². The van der Waals surface area contributed by atoms with E-state index < -0.39 is 0 Å². The van der Waals surface area contributed by atoms with Gasteiger partial charge in [0.2, 0.25) is 0 Å². The van der Waals surface area contributed by atoms with Gasteiger partial charge in [0.15, 0.2) is 0 Å². The van der Waals surface area contributed by atoms with Crippen LogP contribution in [0.15, 0.2) is 42.5 Å². The molecule has 2 aromatic carbocycles. The minimum absolute atomic E-state index is 0.284. The molecule has 1 aliphatic carbocycles. The zero-order chi connectivity index (χ0) is 13.6. The van der Waals surface area contributed by atoms with Gasteiger partial charge in [0, 0.05) is 5.92 Å². The van der Waals surface area contributed by atoms with Gasteiger partial charge in [0.1, 0.15) is 0 Å². The summed E-state index contributed by atoms with van der Waals surface area (Å²) >= 11 is 0. The van der Waals surface area contributed by atoms with Gasteiger partial charge in [0.25, 0.3) is 0 Å². The Kier molecular flexibility index (Phi) is 2.78. The average molecular weight is 250 g/mol. The van der Waals surface area contributed by atoms with Gasteiger partial charge in [-0.3, -0.25) is 0 Å². The van der Waals surface area contributed by atoms with Crippen LogP contribution in [0.3, 0.4) is 0 Å². The lowest BCUT2D eigenvalue weighted by molar-refractivity contribution is 0.499. The van der Waals surface area contributed by atoms with Crippen molar-refractivity contribution in [3.63, 3.8) is 0 Å². The summed E-state index contributed by atoms with van der Waals surface area (Å²) in [5.74, 6) is 0.562. The zero-order valence-electron chi connectivity index (χ0n) is 12.3. The number of benzene rings is 2. The van der Waals surface area contributed by atoms with Crippen LogP contribution in [0, 0.1) is 13.8 Å². The first kappa shape index (κ1) is 12.5. The molecule has 0 aromatic heterocycles. The molecule has 0 saturated heterocycles. The smallest absolute Gasteiger partial charge is 0.0103 e.